The fourth-order valence-electron chi connectivity index (χ4n) is 2.08. The van der Waals surface area contributed by atoms with E-state index < -0.39 is 0 Å². The summed E-state index contributed by atoms with van der Waals surface area (Å²) in [6.07, 6.45) is 3.65. The SMILES string of the molecule is COc1cccc(OC)c1[C@H](N)CC1CC1. The third-order valence-corrected chi connectivity index (χ3v) is 3.12. The normalized spacial score (nSPS) is 16.9. The van der Waals surface area contributed by atoms with Crippen molar-refractivity contribution in [1.82, 2.24) is 0 Å². The van der Waals surface area contributed by atoms with Gasteiger partial charge in [0.1, 0.15) is 11.5 Å². The molecule has 0 bridgehead atoms. The Balaban J connectivity index is 2.26. The van der Waals surface area contributed by atoms with Crippen LogP contribution in [0, 0.1) is 5.92 Å². The standard InChI is InChI=1S/C13H19NO2/c1-15-11-4-3-5-12(16-2)13(11)10(14)8-9-6-7-9/h3-5,9-10H,6-8,14H2,1-2H3/t10-/m1/s1. The highest BCUT2D eigenvalue weighted by Gasteiger charge is 2.27. The van der Waals surface area contributed by atoms with Gasteiger partial charge in [0.2, 0.25) is 0 Å². The lowest BCUT2D eigenvalue weighted by Crippen LogP contribution is -2.13. The molecule has 16 heavy (non-hydrogen) atoms. The summed E-state index contributed by atoms with van der Waals surface area (Å²) in [5, 5.41) is 0. The molecule has 0 amide bonds. The average molecular weight is 221 g/mol. The number of benzene rings is 1. The first-order valence-corrected chi connectivity index (χ1v) is 5.72. The molecule has 0 aromatic heterocycles. The van der Waals surface area contributed by atoms with E-state index in [1.165, 1.54) is 12.8 Å². The molecular formula is C13H19NO2. The lowest BCUT2D eigenvalue weighted by molar-refractivity contribution is 0.375. The van der Waals surface area contributed by atoms with Crippen LogP contribution in [0.25, 0.3) is 0 Å². The van der Waals surface area contributed by atoms with Crippen LogP contribution >= 0.6 is 0 Å². The van der Waals surface area contributed by atoms with Crippen molar-refractivity contribution in [1.29, 1.82) is 0 Å². The number of methoxy groups -OCH3 is 2. The van der Waals surface area contributed by atoms with E-state index in [2.05, 4.69) is 0 Å². The zero-order valence-corrected chi connectivity index (χ0v) is 9.90. The van der Waals surface area contributed by atoms with Crippen molar-refractivity contribution in [2.75, 3.05) is 14.2 Å². The molecule has 3 heteroatoms. The summed E-state index contributed by atoms with van der Waals surface area (Å²) in [6, 6.07) is 5.80. The highest BCUT2D eigenvalue weighted by Crippen LogP contribution is 2.41. The molecule has 1 aromatic carbocycles. The largest absolute Gasteiger partial charge is 0.496 e. The highest BCUT2D eigenvalue weighted by atomic mass is 16.5. The second-order valence-electron chi connectivity index (χ2n) is 4.36. The molecule has 2 rings (SSSR count). The average Bonchev–Trinajstić information content (AvgIpc) is 3.11. The van der Waals surface area contributed by atoms with Crippen LogP contribution in [-0.2, 0) is 0 Å². The highest BCUT2D eigenvalue weighted by molar-refractivity contribution is 5.46. The van der Waals surface area contributed by atoms with Crippen LogP contribution in [0.5, 0.6) is 11.5 Å². The number of ether oxygens (including phenoxy) is 2. The summed E-state index contributed by atoms with van der Waals surface area (Å²) in [5.41, 5.74) is 7.23. The Labute approximate surface area is 96.5 Å². The maximum atomic E-state index is 6.23. The summed E-state index contributed by atoms with van der Waals surface area (Å²) in [6.45, 7) is 0. The van der Waals surface area contributed by atoms with Crippen molar-refractivity contribution in [2.45, 2.75) is 25.3 Å². The van der Waals surface area contributed by atoms with Crippen molar-refractivity contribution in [3.63, 3.8) is 0 Å². The van der Waals surface area contributed by atoms with E-state index in [4.69, 9.17) is 15.2 Å². The zero-order chi connectivity index (χ0) is 11.5. The Morgan fingerprint density at radius 3 is 2.25 bits per heavy atom. The third-order valence-electron chi connectivity index (χ3n) is 3.12. The monoisotopic (exact) mass is 221 g/mol. The van der Waals surface area contributed by atoms with Gasteiger partial charge in [-0.15, -0.1) is 0 Å². The van der Waals surface area contributed by atoms with Crippen molar-refractivity contribution < 1.29 is 9.47 Å². The van der Waals surface area contributed by atoms with E-state index in [0.717, 1.165) is 29.4 Å². The van der Waals surface area contributed by atoms with Gasteiger partial charge in [0, 0.05) is 6.04 Å². The lowest BCUT2D eigenvalue weighted by Gasteiger charge is -2.18. The predicted molar refractivity (Wildman–Crippen MR) is 63.8 cm³/mol. The van der Waals surface area contributed by atoms with E-state index in [-0.39, 0.29) is 6.04 Å². The second kappa shape index (κ2) is 4.74. The van der Waals surface area contributed by atoms with Gasteiger partial charge in [-0.3, -0.25) is 0 Å². The van der Waals surface area contributed by atoms with Crippen LogP contribution < -0.4 is 15.2 Å². The maximum absolute atomic E-state index is 6.23. The van der Waals surface area contributed by atoms with E-state index >= 15 is 0 Å². The quantitative estimate of drug-likeness (QED) is 0.830. The minimum Gasteiger partial charge on any atom is -0.496 e. The first-order chi connectivity index (χ1) is 7.76. The fourth-order valence-corrected chi connectivity index (χ4v) is 2.08. The number of rotatable bonds is 5. The van der Waals surface area contributed by atoms with Crippen LogP contribution in [0.3, 0.4) is 0 Å². The molecule has 1 aromatic rings. The summed E-state index contributed by atoms with van der Waals surface area (Å²) >= 11 is 0. The van der Waals surface area contributed by atoms with Crippen LogP contribution in [0.2, 0.25) is 0 Å². The third kappa shape index (κ3) is 2.30. The number of nitrogens with two attached hydrogens (primary N) is 1. The molecule has 0 saturated heterocycles. The summed E-state index contributed by atoms with van der Waals surface area (Å²) in [4.78, 5) is 0. The van der Waals surface area contributed by atoms with Gasteiger partial charge in [-0.05, 0) is 24.5 Å². The summed E-state index contributed by atoms with van der Waals surface area (Å²) < 4.78 is 10.7. The van der Waals surface area contributed by atoms with Crippen molar-refractivity contribution in [2.24, 2.45) is 11.7 Å². The molecule has 0 unspecified atom stereocenters. The van der Waals surface area contributed by atoms with Gasteiger partial charge in [-0.25, -0.2) is 0 Å². The van der Waals surface area contributed by atoms with Crippen molar-refractivity contribution >= 4 is 0 Å². The molecule has 1 aliphatic carbocycles. The van der Waals surface area contributed by atoms with Gasteiger partial charge in [-0.1, -0.05) is 18.9 Å². The van der Waals surface area contributed by atoms with Gasteiger partial charge in [0.15, 0.2) is 0 Å². The topological polar surface area (TPSA) is 44.5 Å². The Morgan fingerprint density at radius 2 is 1.81 bits per heavy atom. The number of hydrogen-bond acceptors (Lipinski definition) is 3. The van der Waals surface area contributed by atoms with Crippen molar-refractivity contribution in [3.05, 3.63) is 23.8 Å². The minimum absolute atomic E-state index is 0.0126. The molecule has 88 valence electrons. The van der Waals surface area contributed by atoms with E-state index in [1.807, 2.05) is 18.2 Å². The van der Waals surface area contributed by atoms with Gasteiger partial charge in [-0.2, -0.15) is 0 Å². The van der Waals surface area contributed by atoms with Crippen LogP contribution in [-0.4, -0.2) is 14.2 Å². The van der Waals surface area contributed by atoms with Gasteiger partial charge in [0.05, 0.1) is 19.8 Å². The lowest BCUT2D eigenvalue weighted by atomic mass is 10.00. The zero-order valence-electron chi connectivity index (χ0n) is 9.90. The maximum Gasteiger partial charge on any atom is 0.127 e. The van der Waals surface area contributed by atoms with E-state index in [0.29, 0.717) is 0 Å². The predicted octanol–water partition coefficient (Wildman–Crippen LogP) is 2.50. The smallest absolute Gasteiger partial charge is 0.127 e. The molecule has 0 spiro atoms. The Morgan fingerprint density at radius 1 is 1.25 bits per heavy atom. The molecule has 2 N–H and O–H groups in total. The van der Waals surface area contributed by atoms with Gasteiger partial charge in [0.25, 0.3) is 0 Å². The van der Waals surface area contributed by atoms with Gasteiger partial charge < -0.3 is 15.2 Å². The first kappa shape index (κ1) is 11.3. The Kier molecular flexibility index (Phi) is 3.34. The molecule has 1 saturated carbocycles. The molecule has 1 fully saturated rings. The molecular weight excluding hydrogens is 202 g/mol. The second-order valence-corrected chi connectivity index (χ2v) is 4.36. The summed E-state index contributed by atoms with van der Waals surface area (Å²) in [7, 11) is 3.34. The molecule has 1 atom stereocenters. The minimum atomic E-state index is 0.0126. The summed E-state index contributed by atoms with van der Waals surface area (Å²) in [5.74, 6) is 2.45. The molecule has 1 aliphatic rings. The Bertz CT molecular complexity index is 339. The van der Waals surface area contributed by atoms with Crippen LogP contribution in [0.1, 0.15) is 30.9 Å². The van der Waals surface area contributed by atoms with E-state index in [9.17, 15) is 0 Å². The van der Waals surface area contributed by atoms with E-state index in [1.54, 1.807) is 14.2 Å². The molecule has 0 radical (unpaired) electrons. The molecule has 0 aliphatic heterocycles. The first-order valence-electron chi connectivity index (χ1n) is 5.72. The van der Waals surface area contributed by atoms with Crippen LogP contribution in [0.15, 0.2) is 18.2 Å². The van der Waals surface area contributed by atoms with Gasteiger partial charge >= 0.3 is 0 Å². The van der Waals surface area contributed by atoms with Crippen molar-refractivity contribution in [3.8, 4) is 11.5 Å². The Hall–Kier alpha value is -1.22. The fraction of sp³-hybridized carbons (Fsp3) is 0.538. The molecule has 3 nitrogen and oxygen atoms in total. The number of hydrogen-bond donors (Lipinski definition) is 1. The van der Waals surface area contributed by atoms with Crippen LogP contribution in [0.4, 0.5) is 0 Å². The molecule has 0 heterocycles.